The molecule has 0 fully saturated rings. The van der Waals surface area contributed by atoms with Crippen molar-refractivity contribution in [2.45, 2.75) is 40.3 Å². The lowest BCUT2D eigenvalue weighted by Gasteiger charge is -2.18. The van der Waals surface area contributed by atoms with E-state index in [-0.39, 0.29) is 11.3 Å². The predicted octanol–water partition coefficient (Wildman–Crippen LogP) is 4.32. The van der Waals surface area contributed by atoms with Crippen molar-refractivity contribution >= 4 is 5.91 Å². The van der Waals surface area contributed by atoms with E-state index in [1.54, 1.807) is 0 Å². The summed E-state index contributed by atoms with van der Waals surface area (Å²) in [4.78, 5) is 12.0. The Morgan fingerprint density at radius 2 is 1.57 bits per heavy atom. The molecule has 0 heterocycles. The van der Waals surface area contributed by atoms with Crippen LogP contribution in [0.25, 0.3) is 0 Å². The number of rotatable bonds is 6. The minimum Gasteiger partial charge on any atom is -0.489 e. The molecule has 0 bridgehead atoms. The Kier molecular flexibility index (Phi) is 5.80. The average molecular weight is 311 g/mol. The van der Waals surface area contributed by atoms with E-state index in [4.69, 9.17) is 4.74 Å². The molecule has 3 heteroatoms. The zero-order valence-corrected chi connectivity index (χ0v) is 14.1. The van der Waals surface area contributed by atoms with Crippen molar-refractivity contribution in [1.29, 1.82) is 0 Å². The molecule has 2 rings (SSSR count). The Bertz CT molecular complexity index is 630. The summed E-state index contributed by atoms with van der Waals surface area (Å²) in [6.45, 7) is 7.22. The first-order valence-corrected chi connectivity index (χ1v) is 7.95. The molecule has 0 spiro atoms. The molecule has 0 aliphatic carbocycles. The molecule has 0 atom stereocenters. The molecular formula is C20H25NO2. The molecule has 0 aliphatic rings. The Balaban J connectivity index is 1.93. The van der Waals surface area contributed by atoms with Gasteiger partial charge >= 0.3 is 0 Å². The van der Waals surface area contributed by atoms with Gasteiger partial charge < -0.3 is 10.1 Å². The minimum absolute atomic E-state index is 0.0000214. The molecule has 0 aliphatic heterocycles. The fraction of sp³-hybridized carbons (Fsp3) is 0.350. The van der Waals surface area contributed by atoms with Gasteiger partial charge in [-0.15, -0.1) is 0 Å². The zero-order valence-electron chi connectivity index (χ0n) is 14.1. The Morgan fingerprint density at radius 3 is 2.22 bits per heavy atom. The van der Waals surface area contributed by atoms with Crippen LogP contribution in [0.3, 0.4) is 0 Å². The van der Waals surface area contributed by atoms with Crippen molar-refractivity contribution in [2.75, 3.05) is 0 Å². The molecule has 0 unspecified atom stereocenters. The largest absolute Gasteiger partial charge is 0.489 e. The van der Waals surface area contributed by atoms with Crippen molar-refractivity contribution in [3.05, 3.63) is 65.7 Å². The Morgan fingerprint density at radius 1 is 0.957 bits per heavy atom. The number of carbonyl (C=O) groups excluding carboxylic acids is 1. The van der Waals surface area contributed by atoms with Crippen molar-refractivity contribution in [3.8, 4) is 5.75 Å². The summed E-state index contributed by atoms with van der Waals surface area (Å²) in [7, 11) is 0. The van der Waals surface area contributed by atoms with Crippen molar-refractivity contribution in [2.24, 2.45) is 5.41 Å². The monoisotopic (exact) mass is 311 g/mol. The third kappa shape index (κ3) is 6.15. The van der Waals surface area contributed by atoms with Crippen LogP contribution in [0.4, 0.5) is 0 Å². The second-order valence-corrected chi connectivity index (χ2v) is 6.88. The second kappa shape index (κ2) is 7.82. The SMILES string of the molecule is CC(C)(C)CC(=O)NCc1ccccc1COc1ccccc1. The van der Waals surface area contributed by atoms with Gasteiger partial charge in [-0.05, 0) is 28.7 Å². The van der Waals surface area contributed by atoms with Crippen molar-refractivity contribution in [3.63, 3.8) is 0 Å². The zero-order chi connectivity index (χ0) is 16.7. The predicted molar refractivity (Wildman–Crippen MR) is 93.1 cm³/mol. The highest BCUT2D eigenvalue weighted by Gasteiger charge is 2.15. The van der Waals surface area contributed by atoms with Crippen LogP contribution in [0.15, 0.2) is 54.6 Å². The van der Waals surface area contributed by atoms with Crippen LogP contribution in [-0.2, 0) is 17.9 Å². The van der Waals surface area contributed by atoms with E-state index in [0.717, 1.165) is 16.9 Å². The molecule has 3 nitrogen and oxygen atoms in total. The Hall–Kier alpha value is -2.29. The van der Waals surface area contributed by atoms with Crippen LogP contribution in [0.2, 0.25) is 0 Å². The molecular weight excluding hydrogens is 286 g/mol. The van der Waals surface area contributed by atoms with E-state index in [1.165, 1.54) is 0 Å². The lowest BCUT2D eigenvalue weighted by atomic mass is 9.92. The Labute approximate surface area is 138 Å². The van der Waals surface area contributed by atoms with Crippen LogP contribution >= 0.6 is 0 Å². The number of ether oxygens (including phenoxy) is 1. The first-order chi connectivity index (χ1) is 10.9. The highest BCUT2D eigenvalue weighted by atomic mass is 16.5. The van der Waals surface area contributed by atoms with E-state index < -0.39 is 0 Å². The summed E-state index contributed by atoms with van der Waals surface area (Å²) < 4.78 is 5.81. The van der Waals surface area contributed by atoms with Crippen molar-refractivity contribution in [1.82, 2.24) is 5.32 Å². The number of hydrogen-bond acceptors (Lipinski definition) is 2. The van der Waals surface area contributed by atoms with E-state index in [2.05, 4.69) is 26.1 Å². The van der Waals surface area contributed by atoms with E-state index in [9.17, 15) is 4.79 Å². The third-order valence-electron chi connectivity index (χ3n) is 3.42. The molecule has 1 N–H and O–H groups in total. The summed E-state index contributed by atoms with van der Waals surface area (Å²) >= 11 is 0. The van der Waals surface area contributed by atoms with E-state index in [0.29, 0.717) is 19.6 Å². The maximum absolute atomic E-state index is 12.0. The fourth-order valence-electron chi connectivity index (χ4n) is 2.29. The molecule has 122 valence electrons. The van der Waals surface area contributed by atoms with Gasteiger partial charge in [0.25, 0.3) is 0 Å². The number of amides is 1. The van der Waals surface area contributed by atoms with Crippen molar-refractivity contribution < 1.29 is 9.53 Å². The highest BCUT2D eigenvalue weighted by Crippen LogP contribution is 2.18. The van der Waals surface area contributed by atoms with Gasteiger partial charge in [-0.25, -0.2) is 0 Å². The van der Waals surface area contributed by atoms with Gasteiger partial charge in [-0.2, -0.15) is 0 Å². The number of nitrogens with one attached hydrogen (secondary N) is 1. The third-order valence-corrected chi connectivity index (χ3v) is 3.42. The fourth-order valence-corrected chi connectivity index (χ4v) is 2.29. The topological polar surface area (TPSA) is 38.3 Å². The molecule has 0 aromatic heterocycles. The maximum Gasteiger partial charge on any atom is 0.220 e. The minimum atomic E-state index is 0.0000214. The van der Waals surface area contributed by atoms with Gasteiger partial charge in [-0.1, -0.05) is 63.2 Å². The van der Waals surface area contributed by atoms with Crippen LogP contribution in [0.5, 0.6) is 5.75 Å². The van der Waals surface area contributed by atoms with Crippen LogP contribution in [0, 0.1) is 5.41 Å². The number of para-hydroxylation sites is 1. The summed E-state index contributed by atoms with van der Waals surface area (Å²) in [5.74, 6) is 0.926. The number of hydrogen-bond donors (Lipinski definition) is 1. The van der Waals surface area contributed by atoms with Gasteiger partial charge in [0.05, 0.1) is 0 Å². The molecule has 0 saturated carbocycles. The summed E-state index contributed by atoms with van der Waals surface area (Å²) in [6.07, 6.45) is 0.523. The second-order valence-electron chi connectivity index (χ2n) is 6.88. The normalized spacial score (nSPS) is 11.1. The molecule has 0 radical (unpaired) electrons. The van der Waals surface area contributed by atoms with E-state index in [1.807, 2.05) is 54.6 Å². The van der Waals surface area contributed by atoms with Crippen LogP contribution in [-0.4, -0.2) is 5.91 Å². The quantitative estimate of drug-likeness (QED) is 0.863. The summed E-state index contributed by atoms with van der Waals surface area (Å²) in [6, 6.07) is 17.8. The highest BCUT2D eigenvalue weighted by molar-refractivity contribution is 5.76. The average Bonchev–Trinajstić information content (AvgIpc) is 2.51. The smallest absolute Gasteiger partial charge is 0.220 e. The number of carbonyl (C=O) groups is 1. The molecule has 23 heavy (non-hydrogen) atoms. The van der Waals surface area contributed by atoms with Gasteiger partial charge in [0.15, 0.2) is 0 Å². The number of benzene rings is 2. The van der Waals surface area contributed by atoms with Gasteiger partial charge in [-0.3, -0.25) is 4.79 Å². The first-order valence-electron chi connectivity index (χ1n) is 7.95. The summed E-state index contributed by atoms with van der Waals surface area (Å²) in [5.41, 5.74) is 2.18. The maximum atomic E-state index is 12.0. The van der Waals surface area contributed by atoms with E-state index >= 15 is 0 Å². The lowest BCUT2D eigenvalue weighted by molar-refractivity contribution is -0.122. The molecule has 2 aromatic carbocycles. The lowest BCUT2D eigenvalue weighted by Crippen LogP contribution is -2.27. The van der Waals surface area contributed by atoms with Gasteiger partial charge in [0.1, 0.15) is 12.4 Å². The van der Waals surface area contributed by atoms with Gasteiger partial charge in [0.2, 0.25) is 5.91 Å². The summed E-state index contributed by atoms with van der Waals surface area (Å²) in [5, 5.41) is 3.00. The molecule has 2 aromatic rings. The molecule has 0 saturated heterocycles. The standard InChI is InChI=1S/C20H25NO2/c1-20(2,3)13-19(22)21-14-16-9-7-8-10-17(16)15-23-18-11-5-4-6-12-18/h4-12H,13-15H2,1-3H3,(H,21,22). The molecule has 1 amide bonds. The van der Waals surface area contributed by atoms with Crippen LogP contribution in [0.1, 0.15) is 38.3 Å². The van der Waals surface area contributed by atoms with Crippen LogP contribution < -0.4 is 10.1 Å². The first kappa shape index (κ1) is 17.1. The van der Waals surface area contributed by atoms with Gasteiger partial charge in [0, 0.05) is 13.0 Å².